The van der Waals surface area contributed by atoms with E-state index in [1.54, 1.807) is 12.3 Å². The predicted octanol–water partition coefficient (Wildman–Crippen LogP) is 1.61. The molecular weight excluding hydrogens is 402 g/mol. The zero-order valence-electron chi connectivity index (χ0n) is 16.7. The number of hydrogen-bond donors (Lipinski definition) is 1. The molecule has 3 heterocycles. The molecule has 2 atom stereocenters. The van der Waals surface area contributed by atoms with Gasteiger partial charge in [-0.15, -0.1) is 11.8 Å². The summed E-state index contributed by atoms with van der Waals surface area (Å²) in [6.45, 7) is 4.10. The summed E-state index contributed by atoms with van der Waals surface area (Å²) in [6.07, 6.45) is 1.60. The van der Waals surface area contributed by atoms with Gasteiger partial charge in [-0.05, 0) is 31.2 Å². The Hall–Kier alpha value is -2.83. The maximum Gasteiger partial charge on any atom is 0.252 e. The van der Waals surface area contributed by atoms with Gasteiger partial charge in [-0.3, -0.25) is 14.6 Å². The van der Waals surface area contributed by atoms with E-state index in [9.17, 15) is 9.59 Å². The molecule has 9 heteroatoms. The molecule has 1 aromatic carbocycles. The van der Waals surface area contributed by atoms with E-state index in [1.165, 1.54) is 16.7 Å². The number of ether oxygens (including phenoxy) is 1. The predicted molar refractivity (Wildman–Crippen MR) is 115 cm³/mol. The number of anilines is 1. The summed E-state index contributed by atoms with van der Waals surface area (Å²) in [7, 11) is 0. The van der Waals surface area contributed by atoms with Crippen LogP contribution in [-0.4, -0.2) is 71.7 Å². The number of morpholine rings is 1. The largest absolute Gasteiger partial charge is 0.377 e. The number of hydrogen-bond acceptors (Lipinski definition) is 7. The van der Waals surface area contributed by atoms with Gasteiger partial charge < -0.3 is 19.9 Å². The quantitative estimate of drug-likeness (QED) is 0.795. The Morgan fingerprint density at radius 1 is 1.40 bits per heavy atom. The smallest absolute Gasteiger partial charge is 0.252 e. The first kappa shape index (κ1) is 20.4. The number of benzene rings is 1. The fourth-order valence-corrected chi connectivity index (χ4v) is 4.87. The highest BCUT2D eigenvalue weighted by atomic mass is 32.2. The second-order valence-electron chi connectivity index (χ2n) is 7.37. The van der Waals surface area contributed by atoms with Crippen molar-refractivity contribution in [2.45, 2.75) is 19.0 Å². The maximum absolute atomic E-state index is 12.9. The first-order chi connectivity index (χ1) is 14.6. The molecule has 2 amide bonds. The first-order valence-corrected chi connectivity index (χ1v) is 11.0. The lowest BCUT2D eigenvalue weighted by Gasteiger charge is -2.35. The average molecular weight is 426 g/mol. The molecule has 0 bridgehead atoms. The van der Waals surface area contributed by atoms with E-state index in [-0.39, 0.29) is 24.4 Å². The van der Waals surface area contributed by atoms with Crippen molar-refractivity contribution in [1.29, 1.82) is 5.26 Å². The van der Waals surface area contributed by atoms with E-state index in [2.05, 4.69) is 28.2 Å². The van der Waals surface area contributed by atoms with Gasteiger partial charge >= 0.3 is 0 Å². The van der Waals surface area contributed by atoms with Gasteiger partial charge in [-0.2, -0.15) is 5.26 Å². The third kappa shape index (κ3) is 4.06. The highest BCUT2D eigenvalue weighted by Gasteiger charge is 2.29. The summed E-state index contributed by atoms with van der Waals surface area (Å²) in [5.41, 5.74) is 2.21. The fourth-order valence-electron chi connectivity index (χ4n) is 3.77. The number of carbonyl (C=O) groups is 2. The zero-order valence-corrected chi connectivity index (χ0v) is 17.5. The molecule has 8 nitrogen and oxygen atoms in total. The summed E-state index contributed by atoms with van der Waals surface area (Å²) in [5, 5.41) is 12.6. The molecule has 0 saturated carbocycles. The van der Waals surface area contributed by atoms with Crippen molar-refractivity contribution in [3.63, 3.8) is 0 Å². The van der Waals surface area contributed by atoms with Crippen molar-refractivity contribution >= 4 is 40.2 Å². The van der Waals surface area contributed by atoms with Gasteiger partial charge in [0.25, 0.3) is 5.91 Å². The lowest BCUT2D eigenvalue weighted by molar-refractivity contribution is -0.129. The normalized spacial score (nSPS) is 21.5. The summed E-state index contributed by atoms with van der Waals surface area (Å²) in [6, 6.07) is 9.50. The van der Waals surface area contributed by atoms with Crippen molar-refractivity contribution < 1.29 is 14.3 Å². The molecular formula is C21H23N5O3S. The Bertz CT molecular complexity index is 1010. The van der Waals surface area contributed by atoms with Crippen LogP contribution in [0.15, 0.2) is 30.5 Å². The van der Waals surface area contributed by atoms with Crippen LogP contribution < -0.4 is 10.2 Å². The lowest BCUT2D eigenvalue weighted by Crippen LogP contribution is -2.43. The number of aromatic nitrogens is 1. The standard InChI is InChI=1S/C21H23N5O3S/c1-14-11-29-7-6-25(14)15-2-3-19-18(8-15)17(4-5-23-19)21(28)24-10-20(27)26-13-30-12-16(26)9-22/h2-5,8,14,16H,6-7,10-13H2,1H3,(H,24,28)/t14-,16+/m0/s1. The minimum atomic E-state index is -0.431. The van der Waals surface area contributed by atoms with E-state index in [0.717, 1.165) is 23.1 Å². The topological polar surface area (TPSA) is 98.6 Å². The van der Waals surface area contributed by atoms with E-state index in [4.69, 9.17) is 10.00 Å². The maximum atomic E-state index is 12.9. The lowest BCUT2D eigenvalue weighted by atomic mass is 10.1. The number of nitrogens with zero attached hydrogens (tertiary/aromatic N) is 4. The zero-order chi connectivity index (χ0) is 21.1. The fraction of sp³-hybridized carbons (Fsp3) is 0.429. The summed E-state index contributed by atoms with van der Waals surface area (Å²) < 4.78 is 5.52. The Balaban J connectivity index is 1.53. The molecule has 0 unspecified atom stereocenters. The van der Waals surface area contributed by atoms with E-state index in [1.807, 2.05) is 18.2 Å². The second-order valence-corrected chi connectivity index (χ2v) is 8.37. The Morgan fingerprint density at radius 2 is 2.27 bits per heavy atom. The van der Waals surface area contributed by atoms with Crippen LogP contribution >= 0.6 is 11.8 Å². The van der Waals surface area contributed by atoms with Gasteiger partial charge in [0.05, 0.1) is 42.8 Å². The van der Waals surface area contributed by atoms with E-state index >= 15 is 0 Å². The molecule has 4 rings (SSSR count). The van der Waals surface area contributed by atoms with Crippen LogP contribution in [0.3, 0.4) is 0 Å². The van der Waals surface area contributed by atoms with Gasteiger partial charge in [-0.25, -0.2) is 0 Å². The average Bonchev–Trinajstić information content (AvgIpc) is 3.26. The first-order valence-electron chi connectivity index (χ1n) is 9.86. The molecule has 2 fully saturated rings. The van der Waals surface area contributed by atoms with Crippen LogP contribution in [0.2, 0.25) is 0 Å². The van der Waals surface area contributed by atoms with Crippen molar-refractivity contribution in [3.05, 3.63) is 36.0 Å². The molecule has 2 aliphatic rings. The molecule has 2 aromatic rings. The summed E-state index contributed by atoms with van der Waals surface area (Å²) in [4.78, 5) is 33.4. The minimum Gasteiger partial charge on any atom is -0.377 e. The molecule has 2 saturated heterocycles. The van der Waals surface area contributed by atoms with Gasteiger partial charge in [0.2, 0.25) is 5.91 Å². The van der Waals surface area contributed by atoms with Crippen LogP contribution in [0.4, 0.5) is 5.69 Å². The number of nitriles is 1. The monoisotopic (exact) mass is 425 g/mol. The Morgan fingerprint density at radius 3 is 3.07 bits per heavy atom. The van der Waals surface area contributed by atoms with Crippen LogP contribution in [0.25, 0.3) is 10.9 Å². The highest BCUT2D eigenvalue weighted by molar-refractivity contribution is 7.99. The van der Waals surface area contributed by atoms with Crippen LogP contribution in [0.5, 0.6) is 0 Å². The van der Waals surface area contributed by atoms with Crippen LogP contribution in [0.1, 0.15) is 17.3 Å². The molecule has 156 valence electrons. The molecule has 2 aliphatic heterocycles. The Labute approximate surface area is 179 Å². The van der Waals surface area contributed by atoms with Crippen LogP contribution in [-0.2, 0) is 9.53 Å². The minimum absolute atomic E-state index is 0.137. The molecule has 0 spiro atoms. The summed E-state index contributed by atoms with van der Waals surface area (Å²) >= 11 is 1.54. The molecule has 0 radical (unpaired) electrons. The highest BCUT2D eigenvalue weighted by Crippen LogP contribution is 2.26. The number of nitrogens with one attached hydrogen (secondary N) is 1. The third-order valence-corrected chi connectivity index (χ3v) is 6.43. The Kier molecular flexibility index (Phi) is 6.06. The molecule has 0 aliphatic carbocycles. The van der Waals surface area contributed by atoms with Gasteiger partial charge in [0.1, 0.15) is 6.04 Å². The van der Waals surface area contributed by atoms with Gasteiger partial charge in [0, 0.05) is 35.6 Å². The molecule has 1 N–H and O–H groups in total. The van der Waals surface area contributed by atoms with Crippen molar-refractivity contribution in [2.24, 2.45) is 0 Å². The summed E-state index contributed by atoms with van der Waals surface area (Å²) in [5.74, 6) is 0.504. The van der Waals surface area contributed by atoms with Gasteiger partial charge in [-0.1, -0.05) is 0 Å². The third-order valence-electron chi connectivity index (χ3n) is 5.42. The van der Waals surface area contributed by atoms with Crippen molar-refractivity contribution in [1.82, 2.24) is 15.2 Å². The second kappa shape index (κ2) is 8.90. The molecule has 30 heavy (non-hydrogen) atoms. The number of rotatable bonds is 4. The van der Waals surface area contributed by atoms with Crippen molar-refractivity contribution in [2.75, 3.05) is 42.8 Å². The number of carbonyl (C=O) groups excluding carboxylic acids is 2. The number of pyridine rings is 1. The molecule has 1 aromatic heterocycles. The SMILES string of the molecule is C[C@H]1COCCN1c1ccc2nccc(C(=O)NCC(=O)N3CSC[C@H]3C#N)c2c1. The number of amides is 2. The van der Waals surface area contributed by atoms with E-state index < -0.39 is 6.04 Å². The number of fused-ring (bicyclic) bond motifs is 1. The van der Waals surface area contributed by atoms with Crippen LogP contribution in [0, 0.1) is 11.3 Å². The van der Waals surface area contributed by atoms with Gasteiger partial charge in [0.15, 0.2) is 0 Å². The van der Waals surface area contributed by atoms with E-state index in [0.29, 0.717) is 30.4 Å². The number of thioether (sulfide) groups is 1. The van der Waals surface area contributed by atoms with Crippen molar-refractivity contribution in [3.8, 4) is 6.07 Å².